The summed E-state index contributed by atoms with van der Waals surface area (Å²) in [5, 5.41) is -0.668. The van der Waals surface area contributed by atoms with Crippen molar-refractivity contribution < 1.29 is 12.8 Å². The summed E-state index contributed by atoms with van der Waals surface area (Å²) in [4.78, 5) is -0.223. The van der Waals surface area contributed by atoms with E-state index in [4.69, 9.17) is 5.73 Å². The van der Waals surface area contributed by atoms with E-state index in [9.17, 15) is 12.8 Å². The van der Waals surface area contributed by atoms with Crippen molar-refractivity contribution in [2.24, 2.45) is 11.7 Å². The summed E-state index contributed by atoms with van der Waals surface area (Å²) in [6.45, 7) is 2.01. The summed E-state index contributed by atoms with van der Waals surface area (Å²) in [6, 6.07) is 5.11. The SMILES string of the molecule is CC1CCC(N)C(S(=O)(=O)c2ccccc2F)C1. The van der Waals surface area contributed by atoms with Crippen molar-refractivity contribution in [3.8, 4) is 0 Å². The molecule has 3 atom stereocenters. The Kier molecular flexibility index (Phi) is 3.73. The lowest BCUT2D eigenvalue weighted by atomic mass is 9.87. The molecule has 1 aromatic carbocycles. The molecule has 1 fully saturated rings. The van der Waals surface area contributed by atoms with Gasteiger partial charge in [0, 0.05) is 6.04 Å². The van der Waals surface area contributed by atoms with Crippen LogP contribution < -0.4 is 5.73 Å². The normalized spacial score (nSPS) is 29.2. The Morgan fingerprint density at radius 1 is 1.28 bits per heavy atom. The van der Waals surface area contributed by atoms with Crippen LogP contribution in [0.1, 0.15) is 26.2 Å². The average Bonchev–Trinajstić information content (AvgIpc) is 2.32. The molecule has 0 aromatic heterocycles. The topological polar surface area (TPSA) is 60.2 Å². The van der Waals surface area contributed by atoms with Crippen LogP contribution in [0.15, 0.2) is 29.2 Å². The van der Waals surface area contributed by atoms with Gasteiger partial charge < -0.3 is 5.73 Å². The second-order valence-electron chi connectivity index (χ2n) is 5.10. The number of benzene rings is 1. The molecule has 0 spiro atoms. The summed E-state index contributed by atoms with van der Waals surface area (Å²) >= 11 is 0. The van der Waals surface area contributed by atoms with Crippen LogP contribution in [0.25, 0.3) is 0 Å². The van der Waals surface area contributed by atoms with E-state index in [1.807, 2.05) is 6.92 Å². The third-order valence-corrected chi connectivity index (χ3v) is 5.93. The fourth-order valence-corrected chi connectivity index (χ4v) is 4.66. The lowest BCUT2D eigenvalue weighted by Crippen LogP contribution is -2.44. The molecule has 0 radical (unpaired) electrons. The van der Waals surface area contributed by atoms with Crippen LogP contribution in [0.5, 0.6) is 0 Å². The number of rotatable bonds is 2. The third kappa shape index (κ3) is 2.42. The molecule has 3 nitrogen and oxygen atoms in total. The fourth-order valence-electron chi connectivity index (χ4n) is 2.55. The Balaban J connectivity index is 2.39. The lowest BCUT2D eigenvalue weighted by molar-refractivity contribution is 0.346. The van der Waals surface area contributed by atoms with Crippen LogP contribution in [-0.2, 0) is 9.84 Å². The highest BCUT2D eigenvalue weighted by Gasteiger charge is 2.38. The number of hydrogen-bond acceptors (Lipinski definition) is 3. The molecule has 2 N–H and O–H groups in total. The van der Waals surface area contributed by atoms with Crippen LogP contribution in [0, 0.1) is 11.7 Å². The van der Waals surface area contributed by atoms with E-state index in [0.29, 0.717) is 18.8 Å². The Labute approximate surface area is 107 Å². The van der Waals surface area contributed by atoms with E-state index < -0.39 is 26.9 Å². The van der Waals surface area contributed by atoms with Crippen molar-refractivity contribution in [3.05, 3.63) is 30.1 Å². The van der Waals surface area contributed by atoms with E-state index in [-0.39, 0.29) is 4.90 Å². The minimum absolute atomic E-state index is 0.223. The van der Waals surface area contributed by atoms with Crippen LogP contribution >= 0.6 is 0 Å². The van der Waals surface area contributed by atoms with Crippen LogP contribution in [0.2, 0.25) is 0 Å². The van der Waals surface area contributed by atoms with Gasteiger partial charge in [0.2, 0.25) is 0 Å². The number of halogens is 1. The molecule has 0 heterocycles. The van der Waals surface area contributed by atoms with Crippen LogP contribution in [-0.4, -0.2) is 19.7 Å². The molecule has 1 saturated carbocycles. The number of sulfone groups is 1. The van der Waals surface area contributed by atoms with Gasteiger partial charge in [-0.1, -0.05) is 19.1 Å². The molecule has 5 heteroatoms. The first-order chi connectivity index (χ1) is 8.43. The van der Waals surface area contributed by atoms with E-state index in [0.717, 1.165) is 6.42 Å². The summed E-state index contributed by atoms with van der Waals surface area (Å²) in [5.74, 6) is -0.376. The van der Waals surface area contributed by atoms with Crippen molar-refractivity contribution in [2.45, 2.75) is 42.4 Å². The van der Waals surface area contributed by atoms with Crippen molar-refractivity contribution in [3.63, 3.8) is 0 Å². The molecule has 18 heavy (non-hydrogen) atoms. The largest absolute Gasteiger partial charge is 0.327 e. The average molecular weight is 271 g/mol. The minimum atomic E-state index is -3.67. The van der Waals surface area contributed by atoms with Crippen molar-refractivity contribution >= 4 is 9.84 Å². The van der Waals surface area contributed by atoms with Gasteiger partial charge in [-0.15, -0.1) is 0 Å². The maximum atomic E-state index is 13.6. The molecule has 1 aromatic rings. The Morgan fingerprint density at radius 3 is 2.61 bits per heavy atom. The van der Waals surface area contributed by atoms with E-state index >= 15 is 0 Å². The van der Waals surface area contributed by atoms with Gasteiger partial charge in [0.1, 0.15) is 10.7 Å². The summed E-state index contributed by atoms with van der Waals surface area (Å²) in [7, 11) is -3.67. The van der Waals surface area contributed by atoms with Crippen molar-refractivity contribution in [1.29, 1.82) is 0 Å². The first-order valence-electron chi connectivity index (χ1n) is 6.17. The standard InChI is InChI=1S/C13H18FNO2S/c1-9-6-7-11(15)13(8-9)18(16,17)12-5-3-2-4-10(12)14/h2-5,9,11,13H,6-8,15H2,1H3. The highest BCUT2D eigenvalue weighted by molar-refractivity contribution is 7.92. The molecular weight excluding hydrogens is 253 g/mol. The number of hydrogen-bond donors (Lipinski definition) is 1. The monoisotopic (exact) mass is 271 g/mol. The van der Waals surface area contributed by atoms with Crippen LogP contribution in [0.3, 0.4) is 0 Å². The quantitative estimate of drug-likeness (QED) is 0.896. The Morgan fingerprint density at radius 2 is 1.94 bits per heavy atom. The molecule has 0 saturated heterocycles. The molecule has 100 valence electrons. The molecule has 1 aliphatic rings. The zero-order chi connectivity index (χ0) is 13.3. The predicted octanol–water partition coefficient (Wildman–Crippen LogP) is 2.12. The molecular formula is C13H18FNO2S. The van der Waals surface area contributed by atoms with E-state index in [2.05, 4.69) is 0 Å². The molecule has 0 amide bonds. The van der Waals surface area contributed by atoms with Gasteiger partial charge in [-0.3, -0.25) is 0 Å². The fraction of sp³-hybridized carbons (Fsp3) is 0.538. The van der Waals surface area contributed by atoms with Gasteiger partial charge in [-0.2, -0.15) is 0 Å². The number of nitrogens with two attached hydrogens (primary N) is 1. The molecule has 2 rings (SSSR count). The second-order valence-corrected chi connectivity index (χ2v) is 7.23. The molecule has 0 bridgehead atoms. The van der Waals surface area contributed by atoms with Gasteiger partial charge in [0.25, 0.3) is 0 Å². The van der Waals surface area contributed by atoms with E-state index in [1.165, 1.54) is 24.3 Å². The predicted molar refractivity (Wildman–Crippen MR) is 68.4 cm³/mol. The summed E-state index contributed by atoms with van der Waals surface area (Å²) < 4.78 is 38.5. The van der Waals surface area contributed by atoms with Crippen LogP contribution in [0.4, 0.5) is 4.39 Å². The van der Waals surface area contributed by atoms with Gasteiger partial charge in [-0.05, 0) is 37.3 Å². The molecule has 1 aliphatic carbocycles. The van der Waals surface area contributed by atoms with Gasteiger partial charge in [0.15, 0.2) is 9.84 Å². The highest BCUT2D eigenvalue weighted by atomic mass is 32.2. The lowest BCUT2D eigenvalue weighted by Gasteiger charge is -2.32. The Hall–Kier alpha value is -0.940. The maximum Gasteiger partial charge on any atom is 0.185 e. The van der Waals surface area contributed by atoms with Gasteiger partial charge in [0.05, 0.1) is 5.25 Å². The maximum absolute atomic E-state index is 13.6. The molecule has 3 unspecified atom stereocenters. The zero-order valence-electron chi connectivity index (χ0n) is 10.3. The van der Waals surface area contributed by atoms with Gasteiger partial charge >= 0.3 is 0 Å². The van der Waals surface area contributed by atoms with Crippen molar-refractivity contribution in [2.75, 3.05) is 0 Å². The minimum Gasteiger partial charge on any atom is -0.327 e. The Bertz CT molecular complexity index is 530. The second kappa shape index (κ2) is 4.97. The zero-order valence-corrected chi connectivity index (χ0v) is 11.2. The van der Waals surface area contributed by atoms with E-state index in [1.54, 1.807) is 0 Å². The third-order valence-electron chi connectivity index (χ3n) is 3.65. The first-order valence-corrected chi connectivity index (χ1v) is 7.71. The van der Waals surface area contributed by atoms with Gasteiger partial charge in [-0.25, -0.2) is 12.8 Å². The summed E-state index contributed by atoms with van der Waals surface area (Å²) in [6.07, 6.45) is 2.13. The smallest absolute Gasteiger partial charge is 0.185 e. The van der Waals surface area contributed by atoms with Crippen molar-refractivity contribution in [1.82, 2.24) is 0 Å². The first kappa shape index (κ1) is 13.5. The summed E-state index contributed by atoms with van der Waals surface area (Å²) in [5.41, 5.74) is 5.91. The highest BCUT2D eigenvalue weighted by Crippen LogP contribution is 2.32. The molecule has 0 aliphatic heterocycles.